The largest absolute Gasteiger partial charge is 0.416 e. The summed E-state index contributed by atoms with van der Waals surface area (Å²) in [5.74, 6) is 0.525. The van der Waals surface area contributed by atoms with Crippen LogP contribution in [0.3, 0.4) is 0 Å². The molecule has 0 aromatic heterocycles. The minimum atomic E-state index is -4.32. The first kappa shape index (κ1) is 21.5. The molecular formula is C22H25ClF3N3. The van der Waals surface area contributed by atoms with Crippen LogP contribution in [0.5, 0.6) is 0 Å². The summed E-state index contributed by atoms with van der Waals surface area (Å²) in [5, 5.41) is 0. The van der Waals surface area contributed by atoms with E-state index in [9.17, 15) is 13.2 Å². The van der Waals surface area contributed by atoms with Gasteiger partial charge in [0.05, 0.1) is 11.6 Å². The summed E-state index contributed by atoms with van der Waals surface area (Å²) in [5.41, 5.74) is 7.79. The molecule has 156 valence electrons. The van der Waals surface area contributed by atoms with Crippen LogP contribution >= 0.6 is 12.4 Å². The van der Waals surface area contributed by atoms with E-state index in [1.165, 1.54) is 17.7 Å². The van der Waals surface area contributed by atoms with Crippen LogP contribution in [0.1, 0.15) is 48.4 Å². The Morgan fingerprint density at radius 3 is 2.34 bits per heavy atom. The maximum atomic E-state index is 12.8. The molecule has 0 saturated carbocycles. The lowest BCUT2D eigenvalue weighted by Crippen LogP contribution is -2.48. The smallest absolute Gasteiger partial charge is 0.370 e. The van der Waals surface area contributed by atoms with Crippen molar-refractivity contribution in [1.29, 1.82) is 0 Å². The molecule has 1 saturated heterocycles. The van der Waals surface area contributed by atoms with Gasteiger partial charge in [0.1, 0.15) is 0 Å². The fraction of sp³-hybridized carbons (Fsp3) is 0.409. The highest BCUT2D eigenvalue weighted by molar-refractivity contribution is 5.85. The van der Waals surface area contributed by atoms with Crippen LogP contribution in [-0.4, -0.2) is 22.9 Å². The highest BCUT2D eigenvalue weighted by Crippen LogP contribution is 2.38. The molecule has 2 N–H and O–H groups in total. The lowest BCUT2D eigenvalue weighted by atomic mass is 9.96. The number of hydrogen-bond donors (Lipinski definition) is 1. The molecule has 0 unspecified atom stereocenters. The van der Waals surface area contributed by atoms with Gasteiger partial charge >= 0.3 is 6.18 Å². The molecule has 2 heterocycles. The molecule has 2 aliphatic rings. The average molecular weight is 424 g/mol. The molecule has 0 bridgehead atoms. The topological polar surface area (TPSA) is 41.6 Å². The lowest BCUT2D eigenvalue weighted by Gasteiger charge is -2.37. The van der Waals surface area contributed by atoms with E-state index in [1.807, 2.05) is 6.07 Å². The number of aliphatic imine (C=N–C) groups is 1. The number of guanidine groups is 1. The van der Waals surface area contributed by atoms with Crippen LogP contribution in [0, 0.1) is 0 Å². The summed E-state index contributed by atoms with van der Waals surface area (Å²) >= 11 is 0. The monoisotopic (exact) mass is 423 g/mol. The summed E-state index contributed by atoms with van der Waals surface area (Å²) in [6, 6.07) is 16.2. The number of fused-ring (bicyclic) bond motifs is 1. The molecule has 4 rings (SSSR count). The number of nitrogens with two attached hydrogens (primary N) is 1. The Morgan fingerprint density at radius 2 is 1.69 bits per heavy atom. The van der Waals surface area contributed by atoms with Crippen LogP contribution in [0.4, 0.5) is 13.2 Å². The van der Waals surface area contributed by atoms with Crippen LogP contribution in [0.15, 0.2) is 59.6 Å². The number of aryl methyl sites for hydroxylation is 1. The number of halogens is 4. The van der Waals surface area contributed by atoms with Gasteiger partial charge in [-0.05, 0) is 55.4 Å². The Hall–Kier alpha value is -2.21. The van der Waals surface area contributed by atoms with E-state index < -0.39 is 11.7 Å². The van der Waals surface area contributed by atoms with E-state index in [0.717, 1.165) is 49.8 Å². The van der Waals surface area contributed by atoms with E-state index in [0.29, 0.717) is 18.0 Å². The van der Waals surface area contributed by atoms with E-state index in [4.69, 9.17) is 5.73 Å². The minimum absolute atomic E-state index is 0. The zero-order valence-corrected chi connectivity index (χ0v) is 16.8. The molecule has 0 radical (unpaired) electrons. The predicted molar refractivity (Wildman–Crippen MR) is 111 cm³/mol. The molecule has 7 heteroatoms. The highest BCUT2D eigenvalue weighted by atomic mass is 35.5. The van der Waals surface area contributed by atoms with Crippen molar-refractivity contribution < 1.29 is 13.2 Å². The van der Waals surface area contributed by atoms with Gasteiger partial charge in [0, 0.05) is 12.1 Å². The van der Waals surface area contributed by atoms with Gasteiger partial charge in [0.2, 0.25) is 0 Å². The lowest BCUT2D eigenvalue weighted by molar-refractivity contribution is -0.137. The van der Waals surface area contributed by atoms with Crippen molar-refractivity contribution in [3.05, 3.63) is 71.3 Å². The van der Waals surface area contributed by atoms with E-state index >= 15 is 0 Å². The summed E-state index contributed by atoms with van der Waals surface area (Å²) in [4.78, 5) is 6.87. The Balaban J connectivity index is 0.00000240. The summed E-state index contributed by atoms with van der Waals surface area (Å²) in [7, 11) is 0. The fourth-order valence-corrected chi connectivity index (χ4v) is 4.47. The normalized spacial score (nSPS) is 23.9. The third kappa shape index (κ3) is 4.69. The van der Waals surface area contributed by atoms with Gasteiger partial charge in [0.25, 0.3) is 0 Å². The van der Waals surface area contributed by atoms with Gasteiger partial charge in [-0.25, -0.2) is 4.99 Å². The van der Waals surface area contributed by atoms with Gasteiger partial charge in [-0.1, -0.05) is 42.5 Å². The Labute approximate surface area is 175 Å². The molecule has 29 heavy (non-hydrogen) atoms. The number of benzene rings is 2. The fourth-order valence-electron chi connectivity index (χ4n) is 4.47. The van der Waals surface area contributed by atoms with Gasteiger partial charge in [-0.3, -0.25) is 0 Å². The van der Waals surface area contributed by atoms with Crippen molar-refractivity contribution in [2.45, 2.75) is 56.4 Å². The summed E-state index contributed by atoms with van der Waals surface area (Å²) in [6.07, 6.45) is 0.641. The highest BCUT2D eigenvalue weighted by Gasteiger charge is 2.39. The molecule has 0 aliphatic carbocycles. The molecule has 3 atom stereocenters. The third-order valence-electron chi connectivity index (χ3n) is 5.90. The van der Waals surface area contributed by atoms with Crippen molar-refractivity contribution in [3.8, 4) is 0 Å². The predicted octanol–water partition coefficient (Wildman–Crippen LogP) is 5.35. The van der Waals surface area contributed by atoms with Crippen molar-refractivity contribution in [1.82, 2.24) is 4.90 Å². The van der Waals surface area contributed by atoms with E-state index in [1.54, 1.807) is 0 Å². The van der Waals surface area contributed by atoms with Gasteiger partial charge < -0.3 is 10.6 Å². The standard InChI is InChI=1S/C22H24F3N3.ClH/c23-22(24,25)17-9-7-16(8-10-17)20-14-19-13-12-18(28(19)21(26)27-20)11-6-15-4-2-1-3-5-15;/h1-5,7-10,18-20H,6,11-14H2,(H2,26,27);1H/t18-,19+,20+;/m0./s1. The Kier molecular flexibility index (Phi) is 6.42. The first-order chi connectivity index (χ1) is 13.4. The number of alkyl halides is 3. The zero-order valence-electron chi connectivity index (χ0n) is 16.0. The molecular weight excluding hydrogens is 399 g/mol. The van der Waals surface area contributed by atoms with Crippen molar-refractivity contribution in [2.24, 2.45) is 10.7 Å². The molecule has 2 aliphatic heterocycles. The number of hydrogen-bond acceptors (Lipinski definition) is 3. The Morgan fingerprint density at radius 1 is 1.00 bits per heavy atom. The second-order valence-electron chi connectivity index (χ2n) is 7.68. The van der Waals surface area contributed by atoms with Crippen molar-refractivity contribution in [2.75, 3.05) is 0 Å². The van der Waals surface area contributed by atoms with Crippen molar-refractivity contribution in [3.63, 3.8) is 0 Å². The molecule has 2 aromatic carbocycles. The molecule has 1 fully saturated rings. The van der Waals surface area contributed by atoms with Crippen LogP contribution in [0.25, 0.3) is 0 Å². The molecule has 0 spiro atoms. The Bertz CT molecular complexity index is 837. The maximum absolute atomic E-state index is 12.8. The second kappa shape index (κ2) is 8.66. The second-order valence-corrected chi connectivity index (χ2v) is 7.68. The number of rotatable bonds is 4. The number of nitrogens with zero attached hydrogens (tertiary/aromatic N) is 2. The molecule has 2 aromatic rings. The van der Waals surface area contributed by atoms with Crippen LogP contribution in [0.2, 0.25) is 0 Å². The first-order valence-corrected chi connectivity index (χ1v) is 9.74. The van der Waals surface area contributed by atoms with Gasteiger partial charge in [-0.15, -0.1) is 12.4 Å². The third-order valence-corrected chi connectivity index (χ3v) is 5.90. The first-order valence-electron chi connectivity index (χ1n) is 9.74. The summed E-state index contributed by atoms with van der Waals surface area (Å²) in [6.45, 7) is 0. The molecule has 0 amide bonds. The quantitative estimate of drug-likeness (QED) is 0.720. The summed E-state index contributed by atoms with van der Waals surface area (Å²) < 4.78 is 38.4. The van der Waals surface area contributed by atoms with Gasteiger partial charge in [0.15, 0.2) is 5.96 Å². The minimum Gasteiger partial charge on any atom is -0.370 e. The van der Waals surface area contributed by atoms with E-state index in [-0.39, 0.29) is 18.4 Å². The van der Waals surface area contributed by atoms with Gasteiger partial charge in [-0.2, -0.15) is 13.2 Å². The SMILES string of the molecule is Cl.NC1=N[C@@H](c2ccc(C(F)(F)F)cc2)C[C@H]2CC[C@H](CCc3ccccc3)N12. The van der Waals surface area contributed by atoms with Crippen LogP contribution < -0.4 is 5.73 Å². The van der Waals surface area contributed by atoms with Crippen molar-refractivity contribution >= 4 is 18.4 Å². The van der Waals surface area contributed by atoms with Crippen LogP contribution in [-0.2, 0) is 12.6 Å². The maximum Gasteiger partial charge on any atom is 0.416 e. The average Bonchev–Trinajstić information content (AvgIpc) is 3.10. The zero-order chi connectivity index (χ0) is 19.7. The van der Waals surface area contributed by atoms with E-state index in [2.05, 4.69) is 34.2 Å². The molecule has 3 nitrogen and oxygen atoms in total.